The van der Waals surface area contributed by atoms with Crippen LogP contribution in [0.25, 0.3) is 5.65 Å². The molecule has 3 aromatic rings. The lowest BCUT2D eigenvalue weighted by molar-refractivity contribution is 0.0893. The third-order valence-corrected chi connectivity index (χ3v) is 6.19. The zero-order chi connectivity index (χ0) is 22.2. The number of amides is 1. The van der Waals surface area contributed by atoms with Crippen LogP contribution in [0.2, 0.25) is 0 Å². The molecule has 0 spiro atoms. The summed E-state index contributed by atoms with van der Waals surface area (Å²) in [5.41, 5.74) is 0.857. The minimum Gasteiger partial charge on any atom is -0.349 e. The quantitative estimate of drug-likeness (QED) is 0.600. The zero-order valence-electron chi connectivity index (χ0n) is 17.7. The molecule has 2 fully saturated rings. The minimum absolute atomic E-state index is 0. The van der Waals surface area contributed by atoms with Crippen LogP contribution < -0.4 is 15.5 Å². The fourth-order valence-corrected chi connectivity index (χ4v) is 4.54. The first-order valence-corrected chi connectivity index (χ1v) is 10.7. The Hall–Kier alpha value is -2.85. The molecule has 0 unspecified atom stereocenters. The van der Waals surface area contributed by atoms with Crippen molar-refractivity contribution in [3.05, 3.63) is 59.4 Å². The Morgan fingerprint density at radius 2 is 2.06 bits per heavy atom. The minimum atomic E-state index is -1.16. The summed E-state index contributed by atoms with van der Waals surface area (Å²) in [6.07, 6.45) is 3.88. The molecule has 11 heteroatoms. The van der Waals surface area contributed by atoms with Crippen molar-refractivity contribution in [1.82, 2.24) is 25.2 Å². The van der Waals surface area contributed by atoms with E-state index in [9.17, 15) is 18.0 Å². The predicted octanol–water partition coefficient (Wildman–Crippen LogP) is 3.20. The molecule has 0 aliphatic carbocycles. The number of nitrogens with zero attached hydrogens (tertiary/aromatic N) is 4. The molecule has 2 aromatic heterocycles. The summed E-state index contributed by atoms with van der Waals surface area (Å²) in [6.45, 7) is 1.46. The number of aromatic nitrogens is 3. The predicted molar refractivity (Wildman–Crippen MR) is 120 cm³/mol. The van der Waals surface area contributed by atoms with Crippen LogP contribution >= 0.6 is 12.4 Å². The highest BCUT2D eigenvalue weighted by Crippen LogP contribution is 2.36. The topological polar surface area (TPSA) is 74.6 Å². The summed E-state index contributed by atoms with van der Waals surface area (Å²) in [5, 5.41) is 9.89. The molecule has 1 aromatic carbocycles. The molecular formula is C22H24ClF3N6O. The van der Waals surface area contributed by atoms with Gasteiger partial charge in [0, 0.05) is 24.8 Å². The van der Waals surface area contributed by atoms with Crippen molar-refractivity contribution in [3.63, 3.8) is 0 Å². The van der Waals surface area contributed by atoms with Crippen LogP contribution in [-0.2, 0) is 0 Å². The van der Waals surface area contributed by atoms with Crippen LogP contribution in [0.3, 0.4) is 0 Å². The Morgan fingerprint density at radius 3 is 2.88 bits per heavy atom. The van der Waals surface area contributed by atoms with E-state index in [1.54, 1.807) is 12.3 Å². The number of carbonyl (C=O) groups excluding carboxylic acids is 1. The van der Waals surface area contributed by atoms with Crippen molar-refractivity contribution in [3.8, 4) is 0 Å². The molecule has 0 radical (unpaired) electrons. The van der Waals surface area contributed by atoms with Gasteiger partial charge in [0.25, 0.3) is 5.91 Å². The average molecular weight is 481 g/mol. The summed E-state index contributed by atoms with van der Waals surface area (Å²) in [4.78, 5) is 19.4. The Balaban J connectivity index is 0.00000259. The summed E-state index contributed by atoms with van der Waals surface area (Å²) < 4.78 is 43.8. The molecule has 2 saturated heterocycles. The number of benzene rings is 1. The lowest BCUT2D eigenvalue weighted by Gasteiger charge is -2.27. The van der Waals surface area contributed by atoms with Crippen molar-refractivity contribution in [2.24, 2.45) is 0 Å². The second-order valence-corrected chi connectivity index (χ2v) is 8.22. The fourth-order valence-electron chi connectivity index (χ4n) is 4.54. The summed E-state index contributed by atoms with van der Waals surface area (Å²) >= 11 is 0. The summed E-state index contributed by atoms with van der Waals surface area (Å²) in [6, 6.07) is 4.27. The molecule has 0 saturated carbocycles. The zero-order valence-corrected chi connectivity index (χ0v) is 18.5. The van der Waals surface area contributed by atoms with Crippen molar-refractivity contribution in [2.45, 2.75) is 37.5 Å². The Labute approximate surface area is 194 Å². The van der Waals surface area contributed by atoms with Crippen molar-refractivity contribution < 1.29 is 18.0 Å². The van der Waals surface area contributed by atoms with Gasteiger partial charge in [-0.1, -0.05) is 0 Å². The monoisotopic (exact) mass is 480 g/mol. The van der Waals surface area contributed by atoms with E-state index in [-0.39, 0.29) is 36.1 Å². The molecule has 1 amide bonds. The molecular weight excluding hydrogens is 457 g/mol. The van der Waals surface area contributed by atoms with Crippen LogP contribution in [-0.4, -0.2) is 52.4 Å². The van der Waals surface area contributed by atoms with E-state index in [2.05, 4.69) is 20.7 Å². The molecule has 3 atom stereocenters. The van der Waals surface area contributed by atoms with Gasteiger partial charge in [0.2, 0.25) is 0 Å². The van der Waals surface area contributed by atoms with Gasteiger partial charge in [-0.25, -0.2) is 22.7 Å². The lowest BCUT2D eigenvalue weighted by atomic mass is 10.0. The standard InChI is InChI=1S/C22H23F3N6O.ClH/c23-13-3-4-16(24)14(10-13)19-2-1-8-30(19)20-6-9-31-21(29-20)15(11-27-31)22(32)28-18-5-7-26-12-17(18)25;/h3-4,6,9-11,17-19,26H,1-2,5,7-8,12H2,(H,28,32);1H/t17-,18-,19-;/m1./s1. The fraction of sp³-hybridized carbons (Fsp3) is 0.409. The van der Waals surface area contributed by atoms with Crippen molar-refractivity contribution in [2.75, 3.05) is 24.5 Å². The first kappa shape index (κ1) is 23.3. The van der Waals surface area contributed by atoms with Crippen LogP contribution in [0.5, 0.6) is 0 Å². The second-order valence-electron chi connectivity index (χ2n) is 8.22. The van der Waals surface area contributed by atoms with Gasteiger partial charge < -0.3 is 15.5 Å². The molecule has 0 bridgehead atoms. The van der Waals surface area contributed by atoms with E-state index in [4.69, 9.17) is 0 Å². The van der Waals surface area contributed by atoms with E-state index < -0.39 is 29.8 Å². The lowest BCUT2D eigenvalue weighted by Crippen LogP contribution is -2.50. The number of fused-ring (bicyclic) bond motifs is 1. The van der Waals surface area contributed by atoms with Crippen LogP contribution in [0.1, 0.15) is 41.2 Å². The van der Waals surface area contributed by atoms with Crippen molar-refractivity contribution >= 4 is 29.8 Å². The third-order valence-electron chi connectivity index (χ3n) is 6.19. The molecule has 2 N–H and O–H groups in total. The molecule has 2 aliphatic rings. The number of hydrogen-bond donors (Lipinski definition) is 2. The number of hydrogen-bond acceptors (Lipinski definition) is 5. The smallest absolute Gasteiger partial charge is 0.257 e. The van der Waals surface area contributed by atoms with E-state index >= 15 is 0 Å². The number of piperidine rings is 1. The number of rotatable bonds is 4. The van der Waals surface area contributed by atoms with Crippen LogP contribution in [0, 0.1) is 11.6 Å². The second kappa shape index (κ2) is 9.56. The Bertz CT molecular complexity index is 1160. The van der Waals surface area contributed by atoms with Gasteiger partial charge >= 0.3 is 0 Å². The summed E-state index contributed by atoms with van der Waals surface area (Å²) in [7, 11) is 0. The van der Waals surface area contributed by atoms with Gasteiger partial charge in [-0.3, -0.25) is 4.79 Å². The van der Waals surface area contributed by atoms with E-state index in [0.717, 1.165) is 18.6 Å². The Morgan fingerprint density at radius 1 is 1.21 bits per heavy atom. The van der Waals surface area contributed by atoms with Gasteiger partial charge in [0.1, 0.15) is 29.2 Å². The molecule has 7 nitrogen and oxygen atoms in total. The first-order chi connectivity index (χ1) is 15.5. The first-order valence-electron chi connectivity index (χ1n) is 10.7. The Kier molecular flexibility index (Phi) is 6.76. The summed E-state index contributed by atoms with van der Waals surface area (Å²) in [5.74, 6) is -0.844. The van der Waals surface area contributed by atoms with E-state index in [1.165, 1.54) is 16.8 Å². The number of carbonyl (C=O) groups is 1. The van der Waals surface area contributed by atoms with E-state index in [1.807, 2.05) is 4.90 Å². The molecule has 5 rings (SSSR count). The third kappa shape index (κ3) is 4.49. The average Bonchev–Trinajstić information content (AvgIpc) is 3.43. The number of nitrogens with one attached hydrogen (secondary N) is 2. The van der Waals surface area contributed by atoms with Gasteiger partial charge in [0.15, 0.2) is 5.65 Å². The van der Waals surface area contributed by atoms with Gasteiger partial charge in [-0.15, -0.1) is 12.4 Å². The molecule has 4 heterocycles. The number of alkyl halides is 1. The number of anilines is 1. The normalized spacial score (nSPS) is 22.9. The SMILES string of the molecule is Cl.O=C(N[C@@H]1CCNC[C@H]1F)c1cnn2ccc(N3CCC[C@@H]3c3cc(F)ccc3F)nc12. The molecule has 176 valence electrons. The van der Waals surface area contributed by atoms with Gasteiger partial charge in [0.05, 0.1) is 18.3 Å². The maximum Gasteiger partial charge on any atom is 0.257 e. The maximum atomic E-state index is 14.4. The molecule has 2 aliphatic heterocycles. The molecule has 33 heavy (non-hydrogen) atoms. The van der Waals surface area contributed by atoms with Crippen LogP contribution in [0.4, 0.5) is 19.0 Å². The number of halogens is 4. The van der Waals surface area contributed by atoms with E-state index in [0.29, 0.717) is 37.4 Å². The van der Waals surface area contributed by atoms with Gasteiger partial charge in [-0.2, -0.15) is 5.10 Å². The highest BCUT2D eigenvalue weighted by atomic mass is 35.5. The largest absolute Gasteiger partial charge is 0.349 e. The van der Waals surface area contributed by atoms with Crippen molar-refractivity contribution in [1.29, 1.82) is 0 Å². The van der Waals surface area contributed by atoms with Gasteiger partial charge in [-0.05, 0) is 50.1 Å². The maximum absolute atomic E-state index is 14.4. The van der Waals surface area contributed by atoms with Crippen LogP contribution in [0.15, 0.2) is 36.7 Å². The highest BCUT2D eigenvalue weighted by molar-refractivity contribution is 6.00. The highest BCUT2D eigenvalue weighted by Gasteiger charge is 2.31.